The van der Waals surface area contributed by atoms with Crippen LogP contribution in [0, 0.1) is 5.82 Å². The maximum atomic E-state index is 13.2. The van der Waals surface area contributed by atoms with Gasteiger partial charge in [0.05, 0.1) is 0 Å². The standard InChI is InChI=1S/C23H27FN2O3/c24-19-13-11-17(12-14-19)15-21(22(27)25-20-9-5-2-6-10-20)26-23(28)29-16-18-7-3-1-4-8-18/h1,3-4,7-8,11-14,20-21H,2,5-6,9-10,15-16H2,(H,25,27)(H,26,28). The quantitative estimate of drug-likeness (QED) is 0.738. The van der Waals surface area contributed by atoms with Gasteiger partial charge in [0.25, 0.3) is 0 Å². The zero-order chi connectivity index (χ0) is 20.5. The summed E-state index contributed by atoms with van der Waals surface area (Å²) in [6.07, 6.45) is 4.90. The summed E-state index contributed by atoms with van der Waals surface area (Å²) >= 11 is 0. The predicted octanol–water partition coefficient (Wildman–Crippen LogP) is 4.11. The fourth-order valence-electron chi connectivity index (χ4n) is 3.52. The molecule has 3 rings (SSSR count). The van der Waals surface area contributed by atoms with Crippen molar-refractivity contribution in [3.8, 4) is 0 Å². The van der Waals surface area contributed by atoms with Crippen LogP contribution in [0.3, 0.4) is 0 Å². The van der Waals surface area contributed by atoms with Crippen molar-refractivity contribution in [3.05, 3.63) is 71.5 Å². The number of hydrogen-bond acceptors (Lipinski definition) is 3. The number of carbonyl (C=O) groups is 2. The van der Waals surface area contributed by atoms with Gasteiger partial charge in [-0.1, -0.05) is 61.7 Å². The van der Waals surface area contributed by atoms with Crippen LogP contribution in [0.2, 0.25) is 0 Å². The predicted molar refractivity (Wildman–Crippen MR) is 109 cm³/mol. The molecule has 5 nitrogen and oxygen atoms in total. The minimum Gasteiger partial charge on any atom is -0.445 e. The molecule has 2 aromatic carbocycles. The minimum atomic E-state index is -0.786. The SMILES string of the molecule is O=C(NC(Cc1ccc(F)cc1)C(=O)NC1CCCCC1)OCc1ccccc1. The molecule has 1 fully saturated rings. The fourth-order valence-corrected chi connectivity index (χ4v) is 3.52. The van der Waals surface area contributed by atoms with Crippen molar-refractivity contribution in [2.75, 3.05) is 0 Å². The lowest BCUT2D eigenvalue weighted by Gasteiger charge is -2.26. The van der Waals surface area contributed by atoms with Crippen molar-refractivity contribution in [1.82, 2.24) is 10.6 Å². The number of amides is 2. The van der Waals surface area contributed by atoms with E-state index in [0.29, 0.717) is 0 Å². The van der Waals surface area contributed by atoms with Crippen LogP contribution in [0.4, 0.5) is 9.18 Å². The Morgan fingerprint density at radius 3 is 2.34 bits per heavy atom. The second-order valence-corrected chi connectivity index (χ2v) is 7.43. The van der Waals surface area contributed by atoms with Crippen molar-refractivity contribution < 1.29 is 18.7 Å². The molecule has 0 saturated heterocycles. The average Bonchev–Trinajstić information content (AvgIpc) is 2.75. The van der Waals surface area contributed by atoms with Gasteiger partial charge in [0.1, 0.15) is 18.5 Å². The molecule has 0 bridgehead atoms. The monoisotopic (exact) mass is 398 g/mol. The van der Waals surface area contributed by atoms with Crippen molar-refractivity contribution >= 4 is 12.0 Å². The highest BCUT2D eigenvalue weighted by atomic mass is 19.1. The summed E-state index contributed by atoms with van der Waals surface area (Å²) in [6.45, 7) is 0.125. The fraction of sp³-hybridized carbons (Fsp3) is 0.391. The number of ether oxygens (including phenoxy) is 1. The summed E-state index contributed by atoms with van der Waals surface area (Å²) in [5.74, 6) is -0.579. The van der Waals surface area contributed by atoms with Gasteiger partial charge in [0.15, 0.2) is 0 Å². The van der Waals surface area contributed by atoms with Crippen LogP contribution < -0.4 is 10.6 Å². The summed E-state index contributed by atoms with van der Waals surface area (Å²) in [5.41, 5.74) is 1.63. The minimum absolute atomic E-state index is 0.125. The molecule has 0 aromatic heterocycles. The molecular formula is C23H27FN2O3. The molecule has 2 N–H and O–H groups in total. The van der Waals surface area contributed by atoms with Gasteiger partial charge < -0.3 is 15.4 Å². The Kier molecular flexibility index (Phi) is 7.61. The first-order valence-corrected chi connectivity index (χ1v) is 10.1. The summed E-state index contributed by atoms with van der Waals surface area (Å²) in [7, 11) is 0. The molecule has 2 aromatic rings. The molecule has 1 saturated carbocycles. The second kappa shape index (κ2) is 10.6. The molecule has 6 heteroatoms. The number of benzene rings is 2. The molecule has 1 aliphatic rings. The molecule has 1 atom stereocenters. The third kappa shape index (κ3) is 6.89. The van der Waals surface area contributed by atoms with Gasteiger partial charge in [0, 0.05) is 12.5 Å². The molecule has 0 spiro atoms. The average molecular weight is 398 g/mol. The molecule has 2 amide bonds. The van der Waals surface area contributed by atoms with E-state index in [1.165, 1.54) is 18.6 Å². The summed E-state index contributed by atoms with van der Waals surface area (Å²) in [6, 6.07) is 14.6. The van der Waals surface area contributed by atoms with Gasteiger partial charge >= 0.3 is 6.09 Å². The third-order valence-corrected chi connectivity index (χ3v) is 5.13. The van der Waals surface area contributed by atoms with E-state index in [2.05, 4.69) is 10.6 Å². The lowest BCUT2D eigenvalue weighted by molar-refractivity contribution is -0.124. The Hall–Kier alpha value is -2.89. The van der Waals surface area contributed by atoms with Gasteiger partial charge in [-0.15, -0.1) is 0 Å². The maximum Gasteiger partial charge on any atom is 0.408 e. The smallest absolute Gasteiger partial charge is 0.408 e. The Morgan fingerprint density at radius 2 is 1.66 bits per heavy atom. The molecule has 1 aliphatic carbocycles. The normalized spacial score (nSPS) is 15.3. The first kappa shape index (κ1) is 20.8. The van der Waals surface area contributed by atoms with Crippen LogP contribution in [0.1, 0.15) is 43.2 Å². The zero-order valence-corrected chi connectivity index (χ0v) is 16.4. The van der Waals surface area contributed by atoms with Crippen LogP contribution in [0.15, 0.2) is 54.6 Å². The number of carbonyl (C=O) groups excluding carboxylic acids is 2. The topological polar surface area (TPSA) is 67.4 Å². The second-order valence-electron chi connectivity index (χ2n) is 7.43. The summed E-state index contributed by atoms with van der Waals surface area (Å²) in [4.78, 5) is 25.1. The van der Waals surface area contributed by atoms with Gasteiger partial charge in [-0.25, -0.2) is 9.18 Å². The molecule has 154 valence electrons. The van der Waals surface area contributed by atoms with Crippen molar-refractivity contribution in [2.24, 2.45) is 0 Å². The number of alkyl carbamates (subject to hydrolysis) is 1. The Balaban J connectivity index is 1.61. The van der Waals surface area contributed by atoms with E-state index in [9.17, 15) is 14.0 Å². The van der Waals surface area contributed by atoms with Gasteiger partial charge in [-0.3, -0.25) is 4.79 Å². The number of halogens is 1. The molecule has 0 aliphatic heterocycles. The van der Waals surface area contributed by atoms with Crippen LogP contribution in [-0.2, 0) is 22.6 Å². The van der Waals surface area contributed by atoms with E-state index in [-0.39, 0.29) is 30.8 Å². The van der Waals surface area contributed by atoms with Gasteiger partial charge in [-0.2, -0.15) is 0 Å². The lowest BCUT2D eigenvalue weighted by atomic mass is 9.95. The lowest BCUT2D eigenvalue weighted by Crippen LogP contribution is -2.51. The number of hydrogen-bond donors (Lipinski definition) is 2. The third-order valence-electron chi connectivity index (χ3n) is 5.13. The molecule has 29 heavy (non-hydrogen) atoms. The van der Waals surface area contributed by atoms with Crippen LogP contribution >= 0.6 is 0 Å². The van der Waals surface area contributed by atoms with E-state index in [0.717, 1.165) is 36.8 Å². The van der Waals surface area contributed by atoms with Crippen molar-refractivity contribution in [2.45, 2.75) is 57.2 Å². The van der Waals surface area contributed by atoms with E-state index >= 15 is 0 Å². The highest BCUT2D eigenvalue weighted by Gasteiger charge is 2.25. The Bertz CT molecular complexity index is 790. The Morgan fingerprint density at radius 1 is 0.966 bits per heavy atom. The van der Waals surface area contributed by atoms with Crippen LogP contribution in [-0.4, -0.2) is 24.1 Å². The van der Waals surface area contributed by atoms with Gasteiger partial charge in [0.2, 0.25) is 5.91 Å². The first-order valence-electron chi connectivity index (χ1n) is 10.1. The van der Waals surface area contributed by atoms with Crippen LogP contribution in [0.5, 0.6) is 0 Å². The van der Waals surface area contributed by atoms with Gasteiger partial charge in [-0.05, 0) is 36.1 Å². The van der Waals surface area contributed by atoms with Crippen molar-refractivity contribution in [3.63, 3.8) is 0 Å². The summed E-state index contributed by atoms with van der Waals surface area (Å²) in [5, 5.41) is 5.72. The highest BCUT2D eigenvalue weighted by molar-refractivity contribution is 5.86. The van der Waals surface area contributed by atoms with Crippen LogP contribution in [0.25, 0.3) is 0 Å². The molecule has 1 unspecified atom stereocenters. The van der Waals surface area contributed by atoms with Crippen molar-refractivity contribution in [1.29, 1.82) is 0 Å². The summed E-state index contributed by atoms with van der Waals surface area (Å²) < 4.78 is 18.5. The molecular weight excluding hydrogens is 371 g/mol. The molecule has 0 heterocycles. The number of nitrogens with one attached hydrogen (secondary N) is 2. The number of rotatable bonds is 7. The Labute approximate surface area is 170 Å². The highest BCUT2D eigenvalue weighted by Crippen LogP contribution is 2.17. The van der Waals surface area contributed by atoms with E-state index in [4.69, 9.17) is 4.74 Å². The van der Waals surface area contributed by atoms with E-state index in [1.54, 1.807) is 12.1 Å². The maximum absolute atomic E-state index is 13.2. The molecule has 0 radical (unpaired) electrons. The van der Waals surface area contributed by atoms with E-state index in [1.807, 2.05) is 30.3 Å². The zero-order valence-electron chi connectivity index (χ0n) is 16.4. The largest absolute Gasteiger partial charge is 0.445 e. The van der Waals surface area contributed by atoms with E-state index < -0.39 is 12.1 Å². The first-order chi connectivity index (χ1) is 14.1.